The number of nitrogens with zero attached hydrogens (tertiary/aromatic N) is 1. The summed E-state index contributed by atoms with van der Waals surface area (Å²) in [7, 11) is -3.84. The van der Waals surface area contributed by atoms with Crippen LogP contribution in [-0.4, -0.2) is 26.1 Å². The predicted molar refractivity (Wildman–Crippen MR) is 97.0 cm³/mol. The quantitative estimate of drug-likeness (QED) is 0.885. The van der Waals surface area contributed by atoms with Gasteiger partial charge in [-0.15, -0.1) is 11.8 Å². The van der Waals surface area contributed by atoms with E-state index in [1.165, 1.54) is 43.3 Å². The number of sulfonamides is 1. The fraction of sp³-hybridized carbons (Fsp3) is 0.235. The van der Waals surface area contributed by atoms with Gasteiger partial charge in [0.1, 0.15) is 5.82 Å². The molecule has 0 saturated heterocycles. The van der Waals surface area contributed by atoms with Crippen molar-refractivity contribution < 1.29 is 17.6 Å². The average Bonchev–Trinajstić information content (AvgIpc) is 2.55. The van der Waals surface area contributed by atoms with E-state index in [0.29, 0.717) is 12.2 Å². The minimum Gasteiger partial charge on any atom is -0.310 e. The molecule has 1 heterocycles. The lowest BCUT2D eigenvalue weighted by Gasteiger charge is -2.32. The van der Waals surface area contributed by atoms with Crippen molar-refractivity contribution in [3.63, 3.8) is 0 Å². The molecule has 1 atom stereocenters. The molecule has 8 heteroatoms. The number of carbonyl (C=O) groups excluding carboxylic acids is 1. The summed E-state index contributed by atoms with van der Waals surface area (Å²) < 4.78 is 40.6. The summed E-state index contributed by atoms with van der Waals surface area (Å²) in [6.45, 7) is 4.01. The first-order valence-electron chi connectivity index (χ1n) is 7.63. The first-order chi connectivity index (χ1) is 11.8. The molecule has 2 aromatic carbocycles. The molecule has 0 saturated carbocycles. The zero-order valence-corrected chi connectivity index (χ0v) is 15.3. The SMILES string of the molecule is CC(=O)N1C[C@@H](C)Sc2ccc(S(=O)(=O)Nc3ccc(F)cc3)cc21. The molecule has 0 radical (unpaired) electrons. The van der Waals surface area contributed by atoms with Gasteiger partial charge in [-0.25, -0.2) is 12.8 Å². The molecule has 0 fully saturated rings. The molecule has 0 aliphatic carbocycles. The lowest BCUT2D eigenvalue weighted by atomic mass is 10.2. The van der Waals surface area contributed by atoms with Gasteiger partial charge in [0, 0.05) is 29.3 Å². The van der Waals surface area contributed by atoms with Crippen molar-refractivity contribution in [2.75, 3.05) is 16.2 Å². The van der Waals surface area contributed by atoms with Crippen LogP contribution >= 0.6 is 11.8 Å². The normalized spacial score (nSPS) is 17.1. The van der Waals surface area contributed by atoms with Crippen LogP contribution in [0.25, 0.3) is 0 Å². The first-order valence-corrected chi connectivity index (χ1v) is 10.00. The van der Waals surface area contributed by atoms with Gasteiger partial charge in [-0.3, -0.25) is 9.52 Å². The molecule has 132 valence electrons. The van der Waals surface area contributed by atoms with Crippen molar-refractivity contribution in [3.05, 3.63) is 48.3 Å². The van der Waals surface area contributed by atoms with Gasteiger partial charge >= 0.3 is 0 Å². The standard InChI is InChI=1S/C17H17FN2O3S2/c1-11-10-20(12(2)21)16-9-15(7-8-17(16)24-11)25(22,23)19-14-5-3-13(18)4-6-14/h3-9,11,19H,10H2,1-2H3/t11-/m1/s1. The fourth-order valence-corrected chi connectivity index (χ4v) is 4.79. The third kappa shape index (κ3) is 3.80. The average molecular weight is 380 g/mol. The molecule has 1 aliphatic rings. The van der Waals surface area contributed by atoms with Crippen LogP contribution in [0, 0.1) is 5.82 Å². The minimum atomic E-state index is -3.84. The van der Waals surface area contributed by atoms with Gasteiger partial charge in [-0.2, -0.15) is 0 Å². The highest BCUT2D eigenvalue weighted by atomic mass is 32.2. The van der Waals surface area contributed by atoms with E-state index in [-0.39, 0.29) is 21.7 Å². The fourth-order valence-electron chi connectivity index (χ4n) is 2.61. The van der Waals surface area contributed by atoms with Gasteiger partial charge in [-0.1, -0.05) is 6.92 Å². The Hall–Kier alpha value is -2.06. The van der Waals surface area contributed by atoms with Crippen LogP contribution in [0.4, 0.5) is 15.8 Å². The summed E-state index contributed by atoms with van der Waals surface area (Å²) in [4.78, 5) is 14.4. The van der Waals surface area contributed by atoms with Crippen molar-refractivity contribution in [2.45, 2.75) is 28.9 Å². The Labute approximate surface area is 150 Å². The minimum absolute atomic E-state index is 0.0528. The second kappa shape index (κ2) is 6.68. The maximum absolute atomic E-state index is 13.0. The van der Waals surface area contributed by atoms with E-state index in [4.69, 9.17) is 0 Å². The molecule has 25 heavy (non-hydrogen) atoms. The topological polar surface area (TPSA) is 66.5 Å². The van der Waals surface area contributed by atoms with E-state index in [0.717, 1.165) is 4.90 Å². The van der Waals surface area contributed by atoms with E-state index >= 15 is 0 Å². The van der Waals surface area contributed by atoms with Crippen LogP contribution in [0.5, 0.6) is 0 Å². The summed E-state index contributed by atoms with van der Waals surface area (Å²) in [5.41, 5.74) is 0.864. The lowest BCUT2D eigenvalue weighted by Crippen LogP contribution is -2.37. The molecule has 1 amide bonds. The van der Waals surface area contributed by atoms with E-state index in [9.17, 15) is 17.6 Å². The van der Waals surface area contributed by atoms with Gasteiger partial charge in [0.25, 0.3) is 10.0 Å². The van der Waals surface area contributed by atoms with Crippen LogP contribution in [0.3, 0.4) is 0 Å². The zero-order valence-electron chi connectivity index (χ0n) is 13.7. The number of anilines is 2. The molecule has 2 aromatic rings. The maximum Gasteiger partial charge on any atom is 0.261 e. The Morgan fingerprint density at radius 1 is 1.24 bits per heavy atom. The van der Waals surface area contributed by atoms with Crippen LogP contribution in [0.1, 0.15) is 13.8 Å². The Morgan fingerprint density at radius 2 is 1.92 bits per heavy atom. The summed E-state index contributed by atoms with van der Waals surface area (Å²) in [6.07, 6.45) is 0. The molecular formula is C17H17FN2O3S2. The van der Waals surface area contributed by atoms with Crippen molar-refractivity contribution in [3.8, 4) is 0 Å². The van der Waals surface area contributed by atoms with Gasteiger partial charge in [0.05, 0.1) is 10.6 Å². The largest absolute Gasteiger partial charge is 0.310 e. The maximum atomic E-state index is 13.0. The molecular weight excluding hydrogens is 363 g/mol. The number of fused-ring (bicyclic) bond motifs is 1. The van der Waals surface area contributed by atoms with Gasteiger partial charge in [-0.05, 0) is 42.5 Å². The molecule has 1 N–H and O–H groups in total. The molecule has 1 aliphatic heterocycles. The highest BCUT2D eigenvalue weighted by Gasteiger charge is 2.27. The molecule has 5 nitrogen and oxygen atoms in total. The Morgan fingerprint density at radius 3 is 2.56 bits per heavy atom. The summed E-state index contributed by atoms with van der Waals surface area (Å²) in [6, 6.07) is 9.79. The predicted octanol–water partition coefficient (Wildman–Crippen LogP) is 3.47. The smallest absolute Gasteiger partial charge is 0.261 e. The highest BCUT2D eigenvalue weighted by molar-refractivity contribution is 8.00. The number of benzene rings is 2. The van der Waals surface area contributed by atoms with Crippen molar-refractivity contribution in [1.82, 2.24) is 0 Å². The van der Waals surface area contributed by atoms with E-state index in [1.807, 2.05) is 6.92 Å². The summed E-state index contributed by atoms with van der Waals surface area (Å²) in [5.74, 6) is -0.575. The molecule has 0 bridgehead atoms. The van der Waals surface area contributed by atoms with E-state index < -0.39 is 15.8 Å². The number of nitrogens with one attached hydrogen (secondary N) is 1. The Kier molecular flexibility index (Phi) is 4.75. The first kappa shape index (κ1) is 17.8. The number of rotatable bonds is 3. The van der Waals surface area contributed by atoms with Crippen LogP contribution in [-0.2, 0) is 14.8 Å². The van der Waals surface area contributed by atoms with Gasteiger partial charge < -0.3 is 4.90 Å². The molecule has 3 rings (SSSR count). The molecule has 0 aromatic heterocycles. The molecule has 0 unspecified atom stereocenters. The number of amides is 1. The Bertz CT molecular complexity index is 914. The van der Waals surface area contributed by atoms with Crippen molar-refractivity contribution in [1.29, 1.82) is 0 Å². The number of thioether (sulfide) groups is 1. The summed E-state index contributed by atoms with van der Waals surface area (Å²) in [5, 5.41) is 0.233. The van der Waals surface area contributed by atoms with Crippen LogP contribution in [0.2, 0.25) is 0 Å². The number of carbonyl (C=O) groups is 1. The summed E-state index contributed by atoms with van der Waals surface area (Å²) >= 11 is 1.61. The van der Waals surface area contributed by atoms with Crippen LogP contribution < -0.4 is 9.62 Å². The lowest BCUT2D eigenvalue weighted by molar-refractivity contribution is -0.116. The third-order valence-electron chi connectivity index (χ3n) is 3.78. The van der Waals surface area contributed by atoms with Gasteiger partial charge in [0.15, 0.2) is 0 Å². The number of halogens is 1. The number of hydrogen-bond donors (Lipinski definition) is 1. The third-order valence-corrected chi connectivity index (χ3v) is 6.31. The van der Waals surface area contributed by atoms with Gasteiger partial charge in [0.2, 0.25) is 5.91 Å². The monoisotopic (exact) mass is 380 g/mol. The second-order valence-corrected chi connectivity index (χ2v) is 8.96. The number of hydrogen-bond acceptors (Lipinski definition) is 4. The van der Waals surface area contributed by atoms with Crippen molar-refractivity contribution >= 4 is 39.1 Å². The Balaban J connectivity index is 1.96. The zero-order chi connectivity index (χ0) is 18.2. The highest BCUT2D eigenvalue weighted by Crippen LogP contribution is 2.39. The molecule has 0 spiro atoms. The van der Waals surface area contributed by atoms with Crippen molar-refractivity contribution in [2.24, 2.45) is 0 Å². The van der Waals surface area contributed by atoms with E-state index in [2.05, 4.69) is 4.72 Å². The second-order valence-electron chi connectivity index (χ2n) is 5.80. The van der Waals surface area contributed by atoms with E-state index in [1.54, 1.807) is 22.7 Å². The van der Waals surface area contributed by atoms with Crippen LogP contribution in [0.15, 0.2) is 52.3 Å².